The summed E-state index contributed by atoms with van der Waals surface area (Å²) >= 11 is 0. The monoisotopic (exact) mass is 218 g/mol. The van der Waals surface area contributed by atoms with Crippen LogP contribution < -0.4 is 10.1 Å². The highest BCUT2D eigenvalue weighted by Gasteiger charge is 2.47. The molecular formula is C12H14N2O2. The lowest BCUT2D eigenvalue weighted by atomic mass is 9.91. The van der Waals surface area contributed by atoms with Gasteiger partial charge in [-0.3, -0.25) is 4.90 Å². The average Bonchev–Trinajstić information content (AvgIpc) is 2.26. The van der Waals surface area contributed by atoms with E-state index in [9.17, 15) is 4.79 Å². The van der Waals surface area contributed by atoms with E-state index in [4.69, 9.17) is 4.74 Å². The van der Waals surface area contributed by atoms with Crippen LogP contribution in [0.25, 0.3) is 0 Å². The van der Waals surface area contributed by atoms with E-state index in [1.54, 1.807) is 11.9 Å². The molecule has 0 aliphatic carbocycles. The van der Waals surface area contributed by atoms with Crippen molar-refractivity contribution in [2.24, 2.45) is 0 Å². The van der Waals surface area contributed by atoms with Gasteiger partial charge in [-0.2, -0.15) is 0 Å². The number of amides is 2. The van der Waals surface area contributed by atoms with Crippen molar-refractivity contribution in [2.75, 3.05) is 7.05 Å². The second kappa shape index (κ2) is 2.90. The molecule has 2 heterocycles. The summed E-state index contributed by atoms with van der Waals surface area (Å²) in [5, 5.41) is 2.99. The average molecular weight is 218 g/mol. The van der Waals surface area contributed by atoms with Crippen molar-refractivity contribution >= 4 is 6.03 Å². The maximum Gasteiger partial charge on any atom is 0.320 e. The summed E-state index contributed by atoms with van der Waals surface area (Å²) in [5.74, 6) is 0.869. The fourth-order valence-corrected chi connectivity index (χ4v) is 2.42. The molecule has 4 heteroatoms. The summed E-state index contributed by atoms with van der Waals surface area (Å²) in [6.07, 6.45) is 0.784. The van der Waals surface area contributed by atoms with Crippen LogP contribution in [0.1, 0.15) is 24.9 Å². The Kier molecular flexibility index (Phi) is 1.73. The van der Waals surface area contributed by atoms with Crippen molar-refractivity contribution in [1.29, 1.82) is 0 Å². The molecule has 16 heavy (non-hydrogen) atoms. The highest BCUT2D eigenvalue weighted by Crippen LogP contribution is 2.42. The van der Waals surface area contributed by atoms with Crippen molar-refractivity contribution in [3.05, 3.63) is 29.8 Å². The Balaban J connectivity index is 2.11. The van der Waals surface area contributed by atoms with Crippen molar-refractivity contribution < 1.29 is 9.53 Å². The zero-order valence-corrected chi connectivity index (χ0v) is 9.36. The second-order valence-corrected chi connectivity index (χ2v) is 4.58. The van der Waals surface area contributed by atoms with Crippen LogP contribution in [-0.2, 0) is 0 Å². The highest BCUT2D eigenvalue weighted by atomic mass is 16.5. The van der Waals surface area contributed by atoms with E-state index in [0.717, 1.165) is 17.7 Å². The third-order valence-electron chi connectivity index (χ3n) is 3.52. The molecule has 1 aromatic carbocycles. The lowest BCUT2D eigenvalue weighted by Crippen LogP contribution is -2.63. The van der Waals surface area contributed by atoms with Crippen LogP contribution in [0.2, 0.25) is 0 Å². The quantitative estimate of drug-likeness (QED) is 0.722. The molecule has 2 bridgehead atoms. The molecule has 2 amide bonds. The Morgan fingerprint density at radius 1 is 1.50 bits per heavy atom. The summed E-state index contributed by atoms with van der Waals surface area (Å²) in [6.45, 7) is 1.95. The Morgan fingerprint density at radius 2 is 2.25 bits per heavy atom. The first kappa shape index (κ1) is 9.51. The van der Waals surface area contributed by atoms with Crippen LogP contribution in [0.5, 0.6) is 5.75 Å². The van der Waals surface area contributed by atoms with Gasteiger partial charge < -0.3 is 10.1 Å². The first-order chi connectivity index (χ1) is 7.60. The number of rotatable bonds is 0. The van der Waals surface area contributed by atoms with E-state index < -0.39 is 5.72 Å². The van der Waals surface area contributed by atoms with E-state index in [-0.39, 0.29) is 12.1 Å². The number of hydrogen-bond acceptors (Lipinski definition) is 2. The zero-order valence-electron chi connectivity index (χ0n) is 9.36. The number of nitrogens with one attached hydrogen (secondary N) is 1. The van der Waals surface area contributed by atoms with E-state index >= 15 is 0 Å². The van der Waals surface area contributed by atoms with Gasteiger partial charge >= 0.3 is 6.03 Å². The van der Waals surface area contributed by atoms with Gasteiger partial charge in [0.25, 0.3) is 0 Å². The minimum Gasteiger partial charge on any atom is -0.468 e. The highest BCUT2D eigenvalue weighted by molar-refractivity contribution is 5.77. The van der Waals surface area contributed by atoms with Crippen molar-refractivity contribution in [2.45, 2.75) is 25.1 Å². The minimum absolute atomic E-state index is 0.0682. The van der Waals surface area contributed by atoms with E-state index in [1.165, 1.54) is 0 Å². The first-order valence-corrected chi connectivity index (χ1v) is 5.42. The molecule has 1 aromatic rings. The predicted octanol–water partition coefficient (Wildman–Crippen LogP) is 1.88. The first-order valence-electron chi connectivity index (χ1n) is 5.42. The number of nitrogens with zero attached hydrogens (tertiary/aromatic N) is 1. The van der Waals surface area contributed by atoms with Crippen molar-refractivity contribution in [1.82, 2.24) is 10.2 Å². The number of carbonyl (C=O) groups excluding carboxylic acids is 1. The lowest BCUT2D eigenvalue weighted by Gasteiger charge is -2.49. The SMILES string of the molecule is CN1C(=O)N[C@H]2C[C@]1(C)Oc1ccccc12. The lowest BCUT2D eigenvalue weighted by molar-refractivity contribution is -0.0718. The topological polar surface area (TPSA) is 41.6 Å². The molecule has 2 atom stereocenters. The second-order valence-electron chi connectivity index (χ2n) is 4.58. The Morgan fingerprint density at radius 3 is 3.06 bits per heavy atom. The third-order valence-corrected chi connectivity index (χ3v) is 3.52. The summed E-state index contributed by atoms with van der Waals surface area (Å²) in [5.41, 5.74) is 0.544. The van der Waals surface area contributed by atoms with Gasteiger partial charge in [-0.1, -0.05) is 18.2 Å². The molecule has 0 aromatic heterocycles. The standard InChI is InChI=1S/C12H14N2O2/c1-12-7-9(13-11(15)14(12)2)8-5-3-4-6-10(8)16-12/h3-6,9H,7H2,1-2H3,(H,13,15)/t9-,12-/m0/s1. The third kappa shape index (κ3) is 1.13. The maximum atomic E-state index is 11.8. The predicted molar refractivity (Wildman–Crippen MR) is 59.1 cm³/mol. The smallest absolute Gasteiger partial charge is 0.320 e. The molecule has 0 radical (unpaired) electrons. The fraction of sp³-hybridized carbons (Fsp3) is 0.417. The maximum absolute atomic E-state index is 11.8. The number of benzene rings is 1. The number of fused-ring (bicyclic) bond motifs is 4. The summed E-state index contributed by atoms with van der Waals surface area (Å²) in [6, 6.07) is 7.86. The van der Waals surface area contributed by atoms with Crippen LogP contribution in [0.15, 0.2) is 24.3 Å². The van der Waals surface area contributed by atoms with E-state index in [1.807, 2.05) is 31.2 Å². The zero-order chi connectivity index (χ0) is 11.3. The van der Waals surface area contributed by atoms with Crippen LogP contribution in [0.3, 0.4) is 0 Å². The number of carbonyl (C=O) groups is 1. The van der Waals surface area contributed by atoms with Gasteiger partial charge in [-0.05, 0) is 13.0 Å². The molecule has 84 valence electrons. The van der Waals surface area contributed by atoms with Gasteiger partial charge in [-0.25, -0.2) is 4.79 Å². The van der Waals surface area contributed by atoms with E-state index in [0.29, 0.717) is 0 Å². The molecule has 0 spiro atoms. The molecule has 1 fully saturated rings. The molecular weight excluding hydrogens is 204 g/mol. The van der Waals surface area contributed by atoms with Gasteiger partial charge in [0, 0.05) is 19.0 Å². The van der Waals surface area contributed by atoms with Gasteiger partial charge in [0.1, 0.15) is 5.75 Å². The van der Waals surface area contributed by atoms with Crippen molar-refractivity contribution in [3.63, 3.8) is 0 Å². The number of para-hydroxylation sites is 1. The normalized spacial score (nSPS) is 31.5. The summed E-state index contributed by atoms with van der Waals surface area (Å²) in [4.78, 5) is 13.4. The van der Waals surface area contributed by atoms with Gasteiger partial charge in [-0.15, -0.1) is 0 Å². The molecule has 0 unspecified atom stereocenters. The minimum atomic E-state index is -0.526. The summed E-state index contributed by atoms with van der Waals surface area (Å²) < 4.78 is 5.94. The Hall–Kier alpha value is -1.71. The van der Waals surface area contributed by atoms with Crippen LogP contribution in [0.4, 0.5) is 4.79 Å². The molecule has 1 N–H and O–H groups in total. The summed E-state index contributed by atoms with van der Waals surface area (Å²) in [7, 11) is 1.76. The van der Waals surface area contributed by atoms with Gasteiger partial charge in [0.2, 0.25) is 0 Å². The molecule has 3 rings (SSSR count). The Bertz CT molecular complexity index is 460. The number of urea groups is 1. The number of hydrogen-bond donors (Lipinski definition) is 1. The van der Waals surface area contributed by atoms with Crippen LogP contribution in [0, 0.1) is 0 Å². The van der Waals surface area contributed by atoms with E-state index in [2.05, 4.69) is 5.32 Å². The Labute approximate surface area is 94.2 Å². The molecule has 0 saturated carbocycles. The van der Waals surface area contributed by atoms with Crippen molar-refractivity contribution in [3.8, 4) is 5.75 Å². The molecule has 4 nitrogen and oxygen atoms in total. The van der Waals surface area contributed by atoms with Gasteiger partial charge in [0.15, 0.2) is 5.72 Å². The fourth-order valence-electron chi connectivity index (χ4n) is 2.42. The number of ether oxygens (including phenoxy) is 1. The molecule has 2 aliphatic heterocycles. The van der Waals surface area contributed by atoms with Crippen LogP contribution in [-0.4, -0.2) is 23.7 Å². The molecule has 1 saturated heterocycles. The van der Waals surface area contributed by atoms with Gasteiger partial charge in [0.05, 0.1) is 6.04 Å². The van der Waals surface area contributed by atoms with Crippen LogP contribution >= 0.6 is 0 Å². The largest absolute Gasteiger partial charge is 0.468 e. The molecule has 2 aliphatic rings.